The van der Waals surface area contributed by atoms with Gasteiger partial charge in [0.25, 0.3) is 5.91 Å². The number of ether oxygens (including phenoxy) is 1. The highest BCUT2D eigenvalue weighted by Gasteiger charge is 2.23. The highest BCUT2D eigenvalue weighted by molar-refractivity contribution is 5.85. The van der Waals surface area contributed by atoms with Crippen molar-refractivity contribution in [1.82, 2.24) is 10.2 Å². The van der Waals surface area contributed by atoms with Gasteiger partial charge in [-0.15, -0.1) is 0 Å². The van der Waals surface area contributed by atoms with Crippen molar-refractivity contribution in [3.05, 3.63) is 35.9 Å². The van der Waals surface area contributed by atoms with Gasteiger partial charge in [0.2, 0.25) is 5.91 Å². The van der Waals surface area contributed by atoms with E-state index in [1.54, 1.807) is 0 Å². The van der Waals surface area contributed by atoms with Crippen LogP contribution in [0.25, 0.3) is 0 Å². The molecular formula is C18H24N2O4. The molecule has 0 spiro atoms. The summed E-state index contributed by atoms with van der Waals surface area (Å²) < 4.78 is 5.15. The van der Waals surface area contributed by atoms with Gasteiger partial charge < -0.3 is 15.0 Å². The van der Waals surface area contributed by atoms with E-state index in [1.165, 1.54) is 11.8 Å². The molecule has 0 bridgehead atoms. The molecule has 24 heavy (non-hydrogen) atoms. The maximum atomic E-state index is 12.0. The summed E-state index contributed by atoms with van der Waals surface area (Å²) in [6.07, 6.45) is 2.34. The first-order chi connectivity index (χ1) is 11.6. The second kappa shape index (κ2) is 9.05. The number of amides is 2. The van der Waals surface area contributed by atoms with Crippen molar-refractivity contribution < 1.29 is 19.1 Å². The first-order valence-electron chi connectivity index (χ1n) is 8.35. The van der Waals surface area contributed by atoms with Gasteiger partial charge in [0.05, 0.1) is 0 Å². The zero-order valence-corrected chi connectivity index (χ0v) is 14.0. The lowest BCUT2D eigenvalue weighted by atomic mass is 10.2. The minimum Gasteiger partial charge on any atom is -0.451 e. The third-order valence-corrected chi connectivity index (χ3v) is 3.98. The lowest BCUT2D eigenvalue weighted by Gasteiger charge is -2.20. The number of benzene rings is 1. The summed E-state index contributed by atoms with van der Waals surface area (Å²) in [5.41, 5.74) is 0.972. The Morgan fingerprint density at radius 2 is 1.96 bits per heavy atom. The second-order valence-corrected chi connectivity index (χ2v) is 5.96. The number of hydrogen-bond acceptors (Lipinski definition) is 4. The average molecular weight is 332 g/mol. The Labute approximate surface area is 142 Å². The molecule has 0 unspecified atom stereocenters. The van der Waals surface area contributed by atoms with Gasteiger partial charge in [-0.1, -0.05) is 36.8 Å². The zero-order chi connectivity index (χ0) is 17.4. The molecule has 130 valence electrons. The van der Waals surface area contributed by atoms with Gasteiger partial charge in [-0.3, -0.25) is 14.4 Å². The van der Waals surface area contributed by atoms with Crippen molar-refractivity contribution in [2.45, 2.75) is 45.3 Å². The average Bonchev–Trinajstić information content (AvgIpc) is 2.78. The van der Waals surface area contributed by atoms with E-state index < -0.39 is 12.1 Å². The highest BCUT2D eigenvalue weighted by atomic mass is 16.5. The summed E-state index contributed by atoms with van der Waals surface area (Å²) in [6, 6.07) is 9.50. The van der Waals surface area contributed by atoms with Crippen LogP contribution in [0.5, 0.6) is 0 Å². The lowest BCUT2D eigenvalue weighted by Crippen LogP contribution is -2.40. The van der Waals surface area contributed by atoms with Crippen LogP contribution in [0.3, 0.4) is 0 Å². The lowest BCUT2D eigenvalue weighted by molar-refractivity contribution is -0.157. The molecule has 0 aliphatic carbocycles. The Bertz CT molecular complexity index is 574. The Morgan fingerprint density at radius 1 is 1.21 bits per heavy atom. The smallest absolute Gasteiger partial charge is 0.326 e. The molecule has 1 aliphatic rings. The SMILES string of the molecule is C[C@@H](OC(=O)CN1CCCCCC1=O)C(=O)NCc1ccccc1. The molecule has 2 rings (SSSR count). The van der Waals surface area contributed by atoms with E-state index in [-0.39, 0.29) is 18.4 Å². The van der Waals surface area contributed by atoms with Crippen LogP contribution in [-0.2, 0) is 25.7 Å². The van der Waals surface area contributed by atoms with Crippen molar-refractivity contribution in [1.29, 1.82) is 0 Å². The number of carbonyl (C=O) groups excluding carboxylic acids is 3. The molecule has 1 atom stereocenters. The second-order valence-electron chi connectivity index (χ2n) is 5.96. The standard InChI is InChI=1S/C18H24N2O4/c1-14(18(23)19-12-15-8-4-2-5-9-15)24-17(22)13-20-11-7-3-6-10-16(20)21/h2,4-5,8-9,14H,3,6-7,10-13H2,1H3,(H,19,23)/t14-/m1/s1. The summed E-state index contributed by atoms with van der Waals surface area (Å²) >= 11 is 0. The first-order valence-corrected chi connectivity index (χ1v) is 8.35. The van der Waals surface area contributed by atoms with Gasteiger partial charge in [-0.25, -0.2) is 0 Å². The van der Waals surface area contributed by atoms with Crippen molar-refractivity contribution >= 4 is 17.8 Å². The van der Waals surface area contributed by atoms with Crippen LogP contribution in [0.4, 0.5) is 0 Å². The van der Waals surface area contributed by atoms with E-state index in [9.17, 15) is 14.4 Å². The van der Waals surface area contributed by atoms with Gasteiger partial charge in [0.1, 0.15) is 6.54 Å². The first kappa shape index (κ1) is 18.0. The number of likely N-dealkylation sites (tertiary alicyclic amines) is 1. The number of hydrogen-bond donors (Lipinski definition) is 1. The van der Waals surface area contributed by atoms with Gasteiger partial charge in [-0.05, 0) is 25.3 Å². The molecule has 6 nitrogen and oxygen atoms in total. The topological polar surface area (TPSA) is 75.7 Å². The van der Waals surface area contributed by atoms with E-state index in [4.69, 9.17) is 4.74 Å². The number of nitrogens with one attached hydrogen (secondary N) is 1. The van der Waals surface area contributed by atoms with E-state index in [1.807, 2.05) is 30.3 Å². The fourth-order valence-corrected chi connectivity index (χ4v) is 2.58. The van der Waals surface area contributed by atoms with Crippen LogP contribution in [0, 0.1) is 0 Å². The van der Waals surface area contributed by atoms with Crippen molar-refractivity contribution in [2.24, 2.45) is 0 Å². The molecule has 1 aromatic rings. The predicted octanol–water partition coefficient (Wildman–Crippen LogP) is 1.64. The molecule has 6 heteroatoms. The number of nitrogens with zero attached hydrogens (tertiary/aromatic N) is 1. The normalized spacial score (nSPS) is 16.2. The van der Waals surface area contributed by atoms with Crippen molar-refractivity contribution in [3.8, 4) is 0 Å². The molecule has 0 saturated carbocycles. The molecule has 1 fully saturated rings. The molecule has 0 aromatic heterocycles. The Morgan fingerprint density at radius 3 is 2.71 bits per heavy atom. The zero-order valence-electron chi connectivity index (χ0n) is 14.0. The van der Waals surface area contributed by atoms with Gasteiger partial charge in [-0.2, -0.15) is 0 Å². The molecule has 1 N–H and O–H groups in total. The van der Waals surface area contributed by atoms with Crippen LogP contribution < -0.4 is 5.32 Å². The third kappa shape index (κ3) is 5.68. The molecule has 1 aromatic carbocycles. The summed E-state index contributed by atoms with van der Waals surface area (Å²) in [7, 11) is 0. The fraction of sp³-hybridized carbons (Fsp3) is 0.500. The highest BCUT2D eigenvalue weighted by Crippen LogP contribution is 2.11. The summed E-state index contributed by atoms with van der Waals surface area (Å²) in [5, 5.41) is 2.73. The minimum atomic E-state index is -0.886. The van der Waals surface area contributed by atoms with Crippen LogP contribution in [0.1, 0.15) is 38.2 Å². The minimum absolute atomic E-state index is 0.0226. The maximum absolute atomic E-state index is 12.0. The summed E-state index contributed by atoms with van der Waals surface area (Å²) in [6.45, 7) is 2.40. The number of esters is 1. The quantitative estimate of drug-likeness (QED) is 0.804. The van der Waals surface area contributed by atoms with Crippen molar-refractivity contribution in [2.75, 3.05) is 13.1 Å². The molecule has 1 aliphatic heterocycles. The van der Waals surface area contributed by atoms with E-state index >= 15 is 0 Å². The molecule has 1 saturated heterocycles. The Balaban J connectivity index is 1.75. The maximum Gasteiger partial charge on any atom is 0.326 e. The van der Waals surface area contributed by atoms with Gasteiger partial charge in [0.15, 0.2) is 6.10 Å². The number of carbonyl (C=O) groups is 3. The van der Waals surface area contributed by atoms with Gasteiger partial charge >= 0.3 is 5.97 Å². The fourth-order valence-electron chi connectivity index (χ4n) is 2.58. The molecule has 1 heterocycles. The molecule has 2 amide bonds. The van der Waals surface area contributed by atoms with E-state index in [2.05, 4.69) is 5.32 Å². The summed E-state index contributed by atoms with van der Waals surface area (Å²) in [4.78, 5) is 37.3. The Hall–Kier alpha value is -2.37. The molecular weight excluding hydrogens is 308 g/mol. The number of rotatable bonds is 6. The molecule has 0 radical (unpaired) electrons. The third-order valence-electron chi connectivity index (χ3n) is 3.98. The van der Waals surface area contributed by atoms with Crippen LogP contribution in [0.2, 0.25) is 0 Å². The summed E-state index contributed by atoms with van der Waals surface area (Å²) in [5.74, 6) is -0.923. The van der Waals surface area contributed by atoms with Gasteiger partial charge in [0, 0.05) is 19.5 Å². The van der Waals surface area contributed by atoms with Crippen molar-refractivity contribution in [3.63, 3.8) is 0 Å². The van der Waals surface area contributed by atoms with Crippen LogP contribution >= 0.6 is 0 Å². The van der Waals surface area contributed by atoms with Crippen LogP contribution in [-0.4, -0.2) is 41.9 Å². The largest absolute Gasteiger partial charge is 0.451 e. The predicted molar refractivity (Wildman–Crippen MR) is 88.9 cm³/mol. The van der Waals surface area contributed by atoms with E-state index in [0.29, 0.717) is 19.5 Å². The monoisotopic (exact) mass is 332 g/mol. The van der Waals surface area contributed by atoms with Crippen LogP contribution in [0.15, 0.2) is 30.3 Å². The Kier molecular flexibility index (Phi) is 6.78. The van der Waals surface area contributed by atoms with E-state index in [0.717, 1.165) is 24.8 Å².